The molecular weight excluding hydrogens is 262 g/mol. The fraction of sp³-hybridized carbons (Fsp3) is 0.571. The summed E-state index contributed by atoms with van der Waals surface area (Å²) in [7, 11) is -2.84. The second kappa shape index (κ2) is 6.50. The maximum atomic E-state index is 11.5. The predicted molar refractivity (Wildman–Crippen MR) is 75.4 cm³/mol. The lowest BCUT2D eigenvalue weighted by Gasteiger charge is -2.20. The maximum Gasteiger partial charge on any atom is 0.150 e. The van der Waals surface area contributed by atoms with Gasteiger partial charge in [-0.05, 0) is 30.4 Å². The zero-order valence-corrected chi connectivity index (χ0v) is 11.8. The van der Waals surface area contributed by atoms with Crippen molar-refractivity contribution < 1.29 is 13.2 Å². The van der Waals surface area contributed by atoms with E-state index in [1.165, 1.54) is 0 Å². The van der Waals surface area contributed by atoms with Crippen LogP contribution in [0.25, 0.3) is 0 Å². The summed E-state index contributed by atoms with van der Waals surface area (Å²) in [6, 6.07) is 9.94. The van der Waals surface area contributed by atoms with E-state index in [4.69, 9.17) is 10.5 Å². The monoisotopic (exact) mass is 283 g/mol. The molecule has 1 saturated heterocycles. The van der Waals surface area contributed by atoms with E-state index in [1.807, 2.05) is 30.3 Å². The molecule has 106 valence electrons. The number of nitrogens with two attached hydrogens (primary N) is 1. The van der Waals surface area contributed by atoms with E-state index in [-0.39, 0.29) is 17.6 Å². The predicted octanol–water partition coefficient (Wildman–Crippen LogP) is 1.21. The van der Waals surface area contributed by atoms with Crippen molar-refractivity contribution in [2.24, 2.45) is 17.6 Å². The smallest absolute Gasteiger partial charge is 0.150 e. The molecule has 0 spiro atoms. The van der Waals surface area contributed by atoms with Crippen LogP contribution in [0.5, 0.6) is 0 Å². The van der Waals surface area contributed by atoms with Crippen molar-refractivity contribution in [3.05, 3.63) is 35.9 Å². The molecule has 5 heteroatoms. The third-order valence-corrected chi connectivity index (χ3v) is 5.47. The minimum absolute atomic E-state index is 0.140. The Morgan fingerprint density at radius 3 is 2.63 bits per heavy atom. The summed E-state index contributed by atoms with van der Waals surface area (Å²) >= 11 is 0. The molecule has 1 heterocycles. The molecule has 0 saturated carbocycles. The van der Waals surface area contributed by atoms with Crippen molar-refractivity contribution in [3.63, 3.8) is 0 Å². The highest BCUT2D eigenvalue weighted by atomic mass is 32.2. The normalized spacial score (nSPS) is 23.3. The lowest BCUT2D eigenvalue weighted by atomic mass is 9.93. The molecule has 1 aliphatic heterocycles. The van der Waals surface area contributed by atoms with E-state index in [1.54, 1.807) is 0 Å². The van der Waals surface area contributed by atoms with Crippen molar-refractivity contribution in [1.29, 1.82) is 0 Å². The highest BCUT2D eigenvalue weighted by molar-refractivity contribution is 7.91. The Morgan fingerprint density at radius 1 is 1.32 bits per heavy atom. The summed E-state index contributed by atoms with van der Waals surface area (Å²) in [6.45, 7) is 1.57. The van der Waals surface area contributed by atoms with Gasteiger partial charge in [0.1, 0.15) is 0 Å². The van der Waals surface area contributed by atoms with Crippen LogP contribution in [0, 0.1) is 11.8 Å². The highest BCUT2D eigenvalue weighted by Crippen LogP contribution is 2.26. The van der Waals surface area contributed by atoms with Gasteiger partial charge in [-0.2, -0.15) is 0 Å². The first-order valence-corrected chi connectivity index (χ1v) is 8.45. The molecule has 19 heavy (non-hydrogen) atoms. The first-order chi connectivity index (χ1) is 9.11. The largest absolute Gasteiger partial charge is 0.376 e. The molecule has 1 aliphatic rings. The molecule has 1 aromatic rings. The third-order valence-electron chi connectivity index (χ3n) is 3.68. The highest BCUT2D eigenvalue weighted by Gasteiger charge is 2.33. The molecule has 1 fully saturated rings. The minimum atomic E-state index is -2.84. The molecule has 0 amide bonds. The van der Waals surface area contributed by atoms with E-state index >= 15 is 0 Å². The van der Waals surface area contributed by atoms with Crippen LogP contribution in [0.15, 0.2) is 30.3 Å². The van der Waals surface area contributed by atoms with Gasteiger partial charge >= 0.3 is 0 Å². The Balaban J connectivity index is 1.80. The molecule has 4 nitrogen and oxygen atoms in total. The summed E-state index contributed by atoms with van der Waals surface area (Å²) in [4.78, 5) is 0. The molecule has 2 rings (SSSR count). The van der Waals surface area contributed by atoms with Gasteiger partial charge < -0.3 is 10.5 Å². The molecule has 0 aliphatic carbocycles. The van der Waals surface area contributed by atoms with Crippen LogP contribution in [-0.2, 0) is 21.2 Å². The lowest BCUT2D eigenvalue weighted by molar-refractivity contribution is 0.0727. The second-order valence-corrected chi connectivity index (χ2v) is 7.39. The number of benzene rings is 1. The molecule has 1 aromatic carbocycles. The topological polar surface area (TPSA) is 69.4 Å². The van der Waals surface area contributed by atoms with Crippen molar-refractivity contribution in [2.75, 3.05) is 24.7 Å². The zero-order chi connectivity index (χ0) is 13.7. The van der Waals surface area contributed by atoms with E-state index in [0.29, 0.717) is 25.5 Å². The van der Waals surface area contributed by atoms with Crippen LogP contribution in [-0.4, -0.2) is 33.1 Å². The lowest BCUT2D eigenvalue weighted by Crippen LogP contribution is -2.28. The van der Waals surface area contributed by atoms with Crippen molar-refractivity contribution in [2.45, 2.75) is 13.0 Å². The number of hydrogen-bond acceptors (Lipinski definition) is 4. The minimum Gasteiger partial charge on any atom is -0.376 e. The molecule has 0 aromatic heterocycles. The van der Waals surface area contributed by atoms with Crippen molar-refractivity contribution in [3.8, 4) is 0 Å². The van der Waals surface area contributed by atoms with Crippen LogP contribution in [0.1, 0.15) is 12.0 Å². The zero-order valence-electron chi connectivity index (χ0n) is 11.0. The van der Waals surface area contributed by atoms with Gasteiger partial charge in [0.15, 0.2) is 9.84 Å². The summed E-state index contributed by atoms with van der Waals surface area (Å²) in [5.74, 6) is 0.864. The Morgan fingerprint density at radius 2 is 2.05 bits per heavy atom. The molecular formula is C14H21NO3S. The van der Waals surface area contributed by atoms with Gasteiger partial charge in [-0.1, -0.05) is 30.3 Å². The van der Waals surface area contributed by atoms with Gasteiger partial charge in [-0.25, -0.2) is 8.42 Å². The SMILES string of the molecule is NCC(COCc1ccccc1)C1CCS(=O)(=O)C1. The average Bonchev–Trinajstić information content (AvgIpc) is 2.76. The second-order valence-electron chi connectivity index (χ2n) is 5.16. The van der Waals surface area contributed by atoms with Crippen molar-refractivity contribution in [1.82, 2.24) is 0 Å². The Hall–Kier alpha value is -0.910. The fourth-order valence-corrected chi connectivity index (χ4v) is 4.41. The molecule has 2 unspecified atom stereocenters. The molecule has 0 radical (unpaired) electrons. The van der Waals surface area contributed by atoms with E-state index in [2.05, 4.69) is 0 Å². The van der Waals surface area contributed by atoms with Crippen LogP contribution in [0.4, 0.5) is 0 Å². The number of hydrogen-bond donors (Lipinski definition) is 1. The van der Waals surface area contributed by atoms with E-state index < -0.39 is 9.84 Å². The first-order valence-electron chi connectivity index (χ1n) is 6.63. The number of rotatable bonds is 6. The van der Waals surface area contributed by atoms with Gasteiger partial charge in [-0.3, -0.25) is 0 Å². The number of sulfone groups is 1. The summed E-state index contributed by atoms with van der Waals surface area (Å²) < 4.78 is 28.6. The molecule has 0 bridgehead atoms. The van der Waals surface area contributed by atoms with E-state index in [9.17, 15) is 8.42 Å². The summed E-state index contributed by atoms with van der Waals surface area (Å²) in [6.07, 6.45) is 0.721. The van der Waals surface area contributed by atoms with Gasteiger partial charge in [0.25, 0.3) is 0 Å². The molecule has 2 N–H and O–H groups in total. The van der Waals surface area contributed by atoms with Crippen LogP contribution in [0.2, 0.25) is 0 Å². The number of ether oxygens (including phenoxy) is 1. The standard InChI is InChI=1S/C14H21NO3S/c15-8-14(13-6-7-19(16,17)11-13)10-18-9-12-4-2-1-3-5-12/h1-5,13-14H,6-11,15H2. The summed E-state index contributed by atoms with van der Waals surface area (Å²) in [5.41, 5.74) is 6.87. The van der Waals surface area contributed by atoms with Gasteiger partial charge in [-0.15, -0.1) is 0 Å². The Labute approximate surface area is 114 Å². The maximum absolute atomic E-state index is 11.5. The first kappa shape index (κ1) is 14.5. The third kappa shape index (κ3) is 4.30. The Kier molecular flexibility index (Phi) is 4.96. The fourth-order valence-electron chi connectivity index (χ4n) is 2.49. The van der Waals surface area contributed by atoms with Crippen LogP contribution in [0.3, 0.4) is 0 Å². The quantitative estimate of drug-likeness (QED) is 0.852. The molecule has 2 atom stereocenters. The van der Waals surface area contributed by atoms with E-state index in [0.717, 1.165) is 12.0 Å². The van der Waals surface area contributed by atoms with Gasteiger partial charge in [0.2, 0.25) is 0 Å². The average molecular weight is 283 g/mol. The summed E-state index contributed by atoms with van der Waals surface area (Å²) in [5, 5.41) is 0. The Bertz CT molecular complexity index is 487. The van der Waals surface area contributed by atoms with Crippen molar-refractivity contribution >= 4 is 9.84 Å². The van der Waals surface area contributed by atoms with Crippen LogP contribution >= 0.6 is 0 Å². The van der Waals surface area contributed by atoms with Crippen LogP contribution < -0.4 is 5.73 Å². The van der Waals surface area contributed by atoms with Gasteiger partial charge in [0, 0.05) is 0 Å². The van der Waals surface area contributed by atoms with Gasteiger partial charge in [0.05, 0.1) is 24.7 Å².